The van der Waals surface area contributed by atoms with Gasteiger partial charge < -0.3 is 14.2 Å². The number of ether oxygens (including phenoxy) is 3. The van der Waals surface area contributed by atoms with E-state index in [1.807, 2.05) is 19.9 Å². The Kier molecular flexibility index (Phi) is 8.49. The van der Waals surface area contributed by atoms with Crippen LogP contribution in [-0.2, 0) is 9.47 Å². The van der Waals surface area contributed by atoms with Gasteiger partial charge in [0.15, 0.2) is 11.6 Å². The third kappa shape index (κ3) is 6.02. The van der Waals surface area contributed by atoms with E-state index in [-0.39, 0.29) is 23.9 Å². The van der Waals surface area contributed by atoms with Crippen molar-refractivity contribution in [2.75, 3.05) is 19.8 Å². The molecule has 1 aromatic rings. The van der Waals surface area contributed by atoms with Crippen LogP contribution in [-0.4, -0.2) is 32.0 Å². The van der Waals surface area contributed by atoms with Crippen molar-refractivity contribution in [3.05, 3.63) is 41.5 Å². The smallest absolute Gasteiger partial charge is 0.200 e. The van der Waals surface area contributed by atoms with Crippen molar-refractivity contribution in [3.8, 4) is 5.75 Å². The lowest BCUT2D eigenvalue weighted by atomic mass is 9.82. The fraction of sp³-hybridized carbons (Fsp3) is 0.667. The summed E-state index contributed by atoms with van der Waals surface area (Å²) in [6.45, 7) is 5.82. The van der Waals surface area contributed by atoms with Gasteiger partial charge in [-0.1, -0.05) is 25.1 Å². The molecule has 0 bridgehead atoms. The number of hydrogen-bond acceptors (Lipinski definition) is 3. The van der Waals surface area contributed by atoms with Crippen LogP contribution < -0.4 is 4.74 Å². The maximum atomic E-state index is 14.5. The summed E-state index contributed by atoms with van der Waals surface area (Å²) in [6, 6.07) is 3.26. The number of allylic oxidation sites excluding steroid dienone is 1. The Morgan fingerprint density at radius 3 is 2.52 bits per heavy atom. The summed E-state index contributed by atoms with van der Waals surface area (Å²) in [4.78, 5) is 0. The highest BCUT2D eigenvalue weighted by Crippen LogP contribution is 2.37. The van der Waals surface area contributed by atoms with Crippen molar-refractivity contribution in [1.82, 2.24) is 0 Å². The zero-order valence-electron chi connectivity index (χ0n) is 17.7. The van der Waals surface area contributed by atoms with Gasteiger partial charge in [0.1, 0.15) is 0 Å². The molecule has 3 rings (SSSR count). The molecule has 162 valence electrons. The van der Waals surface area contributed by atoms with Crippen LogP contribution in [0.5, 0.6) is 5.75 Å². The van der Waals surface area contributed by atoms with Gasteiger partial charge in [0, 0.05) is 5.92 Å². The van der Waals surface area contributed by atoms with E-state index in [1.54, 1.807) is 12.1 Å². The van der Waals surface area contributed by atoms with Gasteiger partial charge in [-0.25, -0.2) is 4.39 Å². The first-order valence-corrected chi connectivity index (χ1v) is 11.1. The summed E-state index contributed by atoms with van der Waals surface area (Å²) in [5.74, 6) is -1.10. The van der Waals surface area contributed by atoms with E-state index in [1.165, 1.54) is 0 Å². The van der Waals surface area contributed by atoms with Gasteiger partial charge in [-0.15, -0.1) is 0 Å². The van der Waals surface area contributed by atoms with Crippen LogP contribution in [0.15, 0.2) is 24.3 Å². The summed E-state index contributed by atoms with van der Waals surface area (Å²) in [6.07, 6.45) is 11.0. The Morgan fingerprint density at radius 2 is 1.86 bits per heavy atom. The third-order valence-electron chi connectivity index (χ3n) is 6.03. The second kappa shape index (κ2) is 11.1. The summed E-state index contributed by atoms with van der Waals surface area (Å²) in [5.41, 5.74) is 0.473. The SMILES string of the molecule is C/C=C/C1CCC(COC2CCC(c3ccc(OCCC)c(F)c3F)CC2)CO1. The summed E-state index contributed by atoms with van der Waals surface area (Å²) < 4.78 is 46.1. The van der Waals surface area contributed by atoms with Gasteiger partial charge >= 0.3 is 0 Å². The van der Waals surface area contributed by atoms with Crippen LogP contribution in [0.4, 0.5) is 8.78 Å². The second-order valence-corrected chi connectivity index (χ2v) is 8.28. The minimum absolute atomic E-state index is 0.0106. The Bertz CT molecular complexity index is 660. The predicted octanol–water partition coefficient (Wildman–Crippen LogP) is 6.17. The van der Waals surface area contributed by atoms with E-state index in [0.717, 1.165) is 58.2 Å². The van der Waals surface area contributed by atoms with Gasteiger partial charge in [-0.2, -0.15) is 4.39 Å². The van der Waals surface area contributed by atoms with Crippen LogP contribution in [0.3, 0.4) is 0 Å². The first-order chi connectivity index (χ1) is 14.1. The molecule has 3 nitrogen and oxygen atoms in total. The molecule has 2 unspecified atom stereocenters. The molecule has 0 spiro atoms. The van der Waals surface area contributed by atoms with Crippen LogP contribution in [0.25, 0.3) is 0 Å². The first kappa shape index (κ1) is 22.2. The zero-order chi connectivity index (χ0) is 20.6. The van der Waals surface area contributed by atoms with Gasteiger partial charge in [-0.05, 0) is 69.4 Å². The van der Waals surface area contributed by atoms with E-state index in [4.69, 9.17) is 14.2 Å². The molecule has 0 radical (unpaired) electrons. The van der Waals surface area contributed by atoms with Crippen molar-refractivity contribution >= 4 is 0 Å². The van der Waals surface area contributed by atoms with Crippen LogP contribution in [0.1, 0.15) is 70.3 Å². The Morgan fingerprint density at radius 1 is 1.07 bits per heavy atom. The topological polar surface area (TPSA) is 27.7 Å². The molecule has 0 aromatic heterocycles. The lowest BCUT2D eigenvalue weighted by Gasteiger charge is -2.32. The monoisotopic (exact) mass is 408 g/mol. The Labute approximate surface area is 173 Å². The number of halogens is 2. The molecule has 1 saturated carbocycles. The van der Waals surface area contributed by atoms with Crippen LogP contribution in [0.2, 0.25) is 0 Å². The lowest BCUT2D eigenvalue weighted by Crippen LogP contribution is -2.30. The fourth-order valence-corrected chi connectivity index (χ4v) is 4.32. The van der Waals surface area contributed by atoms with Crippen LogP contribution in [0, 0.1) is 17.6 Å². The molecule has 0 amide bonds. The van der Waals surface area contributed by atoms with E-state index >= 15 is 0 Å². The normalized spacial score (nSPS) is 28.0. The molecule has 1 saturated heterocycles. The average Bonchev–Trinajstić information content (AvgIpc) is 2.75. The summed E-state index contributed by atoms with van der Waals surface area (Å²) in [7, 11) is 0. The molecule has 2 atom stereocenters. The standard InChI is InChI=1S/C24H34F2O3/c1-3-5-19-9-6-17(15-28-19)16-29-20-10-7-18(8-11-20)21-12-13-22(27-14-4-2)24(26)23(21)25/h3,5,12-13,17-20H,4,6-11,14-16H2,1-2H3/b5-3+. The third-order valence-corrected chi connectivity index (χ3v) is 6.03. The predicted molar refractivity (Wildman–Crippen MR) is 110 cm³/mol. The van der Waals surface area contributed by atoms with Crippen molar-refractivity contribution in [3.63, 3.8) is 0 Å². The minimum Gasteiger partial charge on any atom is -0.490 e. The highest BCUT2D eigenvalue weighted by Gasteiger charge is 2.28. The fourth-order valence-electron chi connectivity index (χ4n) is 4.32. The second-order valence-electron chi connectivity index (χ2n) is 8.28. The van der Waals surface area contributed by atoms with E-state index < -0.39 is 11.6 Å². The molecule has 1 aromatic carbocycles. The highest BCUT2D eigenvalue weighted by atomic mass is 19.2. The molecule has 2 aliphatic rings. The molecule has 5 heteroatoms. The molecular formula is C24H34F2O3. The zero-order valence-corrected chi connectivity index (χ0v) is 17.7. The van der Waals surface area contributed by atoms with Gasteiger partial charge in [0.2, 0.25) is 5.82 Å². The molecule has 1 aliphatic heterocycles. The molecule has 0 N–H and O–H groups in total. The average molecular weight is 409 g/mol. The molecule has 1 heterocycles. The summed E-state index contributed by atoms with van der Waals surface area (Å²) >= 11 is 0. The van der Waals surface area contributed by atoms with Crippen molar-refractivity contribution < 1.29 is 23.0 Å². The maximum absolute atomic E-state index is 14.5. The van der Waals surface area contributed by atoms with Crippen molar-refractivity contribution in [2.45, 2.75) is 76.9 Å². The van der Waals surface area contributed by atoms with E-state index in [0.29, 0.717) is 18.1 Å². The summed E-state index contributed by atoms with van der Waals surface area (Å²) in [5, 5.41) is 0. The van der Waals surface area contributed by atoms with E-state index in [2.05, 4.69) is 6.08 Å². The number of benzene rings is 1. The number of hydrogen-bond donors (Lipinski definition) is 0. The number of rotatable bonds is 8. The molecular weight excluding hydrogens is 374 g/mol. The van der Waals surface area contributed by atoms with Gasteiger partial charge in [-0.3, -0.25) is 0 Å². The van der Waals surface area contributed by atoms with Gasteiger partial charge in [0.25, 0.3) is 0 Å². The van der Waals surface area contributed by atoms with E-state index in [9.17, 15) is 8.78 Å². The van der Waals surface area contributed by atoms with Crippen LogP contribution >= 0.6 is 0 Å². The van der Waals surface area contributed by atoms with Gasteiger partial charge in [0.05, 0.1) is 32.0 Å². The molecule has 29 heavy (non-hydrogen) atoms. The largest absolute Gasteiger partial charge is 0.490 e. The van der Waals surface area contributed by atoms with Crippen molar-refractivity contribution in [2.24, 2.45) is 5.92 Å². The Hall–Kier alpha value is -1.46. The highest BCUT2D eigenvalue weighted by molar-refractivity contribution is 5.33. The quantitative estimate of drug-likeness (QED) is 0.482. The Balaban J connectivity index is 1.44. The first-order valence-electron chi connectivity index (χ1n) is 11.1. The maximum Gasteiger partial charge on any atom is 0.200 e. The van der Waals surface area contributed by atoms with Crippen molar-refractivity contribution in [1.29, 1.82) is 0 Å². The molecule has 1 aliphatic carbocycles. The lowest BCUT2D eigenvalue weighted by molar-refractivity contribution is -0.0503. The minimum atomic E-state index is -0.858. The molecule has 2 fully saturated rings.